The van der Waals surface area contributed by atoms with Crippen molar-refractivity contribution in [3.63, 3.8) is 0 Å². The summed E-state index contributed by atoms with van der Waals surface area (Å²) >= 11 is 3.29. The molecule has 0 atom stereocenters. The van der Waals surface area contributed by atoms with Crippen molar-refractivity contribution in [2.24, 2.45) is 0 Å². The van der Waals surface area contributed by atoms with Crippen LogP contribution in [-0.2, 0) is 0 Å². The number of carboxylic acid groups (broad SMARTS) is 1. The van der Waals surface area contributed by atoms with Crippen molar-refractivity contribution >= 4 is 32.7 Å². The van der Waals surface area contributed by atoms with E-state index in [0.717, 1.165) is 4.47 Å². The van der Waals surface area contributed by atoms with Gasteiger partial charge in [0.15, 0.2) is 0 Å². The lowest BCUT2D eigenvalue weighted by Crippen LogP contribution is -1.95. The van der Waals surface area contributed by atoms with Crippen LogP contribution in [0, 0.1) is 0 Å². The fourth-order valence-electron chi connectivity index (χ4n) is 1.44. The lowest BCUT2D eigenvalue weighted by atomic mass is 10.1. The highest BCUT2D eigenvalue weighted by atomic mass is 79.9. The van der Waals surface area contributed by atoms with Crippen molar-refractivity contribution in [2.75, 3.05) is 0 Å². The van der Waals surface area contributed by atoms with Crippen LogP contribution in [-0.4, -0.2) is 16.2 Å². The van der Waals surface area contributed by atoms with E-state index >= 15 is 0 Å². The molecular formula is C11H7BrO3. The van der Waals surface area contributed by atoms with Crippen LogP contribution in [0.25, 0.3) is 10.8 Å². The van der Waals surface area contributed by atoms with Crippen LogP contribution >= 0.6 is 15.9 Å². The van der Waals surface area contributed by atoms with Gasteiger partial charge in [0, 0.05) is 9.86 Å². The fraction of sp³-hybridized carbons (Fsp3) is 0. The lowest BCUT2D eigenvalue weighted by Gasteiger charge is -2.03. The number of hydrogen-bond donors (Lipinski definition) is 2. The summed E-state index contributed by atoms with van der Waals surface area (Å²) in [5.41, 5.74) is 0.0816. The Morgan fingerprint density at radius 2 is 1.93 bits per heavy atom. The molecule has 2 N–H and O–H groups in total. The van der Waals surface area contributed by atoms with E-state index in [1.807, 2.05) is 0 Å². The molecular weight excluding hydrogens is 260 g/mol. The summed E-state index contributed by atoms with van der Waals surface area (Å²) in [7, 11) is 0. The molecule has 2 aromatic carbocycles. The number of rotatable bonds is 1. The second kappa shape index (κ2) is 3.55. The van der Waals surface area contributed by atoms with Gasteiger partial charge in [-0.2, -0.15) is 0 Å². The molecule has 0 saturated heterocycles. The van der Waals surface area contributed by atoms with E-state index in [1.54, 1.807) is 18.2 Å². The molecule has 0 aliphatic rings. The van der Waals surface area contributed by atoms with E-state index in [2.05, 4.69) is 15.9 Å². The average molecular weight is 267 g/mol. The summed E-state index contributed by atoms with van der Waals surface area (Å²) in [4.78, 5) is 10.8. The van der Waals surface area contributed by atoms with E-state index in [0.29, 0.717) is 10.8 Å². The lowest BCUT2D eigenvalue weighted by molar-refractivity contribution is 0.0696. The molecule has 3 nitrogen and oxygen atoms in total. The Bertz CT molecular complexity index is 549. The first-order valence-electron chi connectivity index (χ1n) is 4.23. The van der Waals surface area contributed by atoms with Gasteiger partial charge in [-0.05, 0) is 35.7 Å². The number of fused-ring (bicyclic) bond motifs is 1. The molecule has 0 aromatic heterocycles. The van der Waals surface area contributed by atoms with Gasteiger partial charge in [0.1, 0.15) is 5.75 Å². The van der Waals surface area contributed by atoms with Crippen molar-refractivity contribution in [1.82, 2.24) is 0 Å². The molecule has 0 fully saturated rings. The van der Waals surface area contributed by atoms with Gasteiger partial charge < -0.3 is 10.2 Å². The summed E-state index contributed by atoms with van der Waals surface area (Å²) in [6.07, 6.45) is 0. The van der Waals surface area contributed by atoms with Crippen molar-refractivity contribution in [3.8, 4) is 5.75 Å². The Morgan fingerprint density at radius 3 is 2.60 bits per heavy atom. The number of phenols is 1. The van der Waals surface area contributed by atoms with E-state index in [9.17, 15) is 9.90 Å². The van der Waals surface area contributed by atoms with E-state index < -0.39 is 5.97 Å². The zero-order valence-electron chi connectivity index (χ0n) is 7.57. The van der Waals surface area contributed by atoms with Crippen LogP contribution in [0.4, 0.5) is 0 Å². The number of carboxylic acids is 1. The summed E-state index contributed by atoms with van der Waals surface area (Å²) in [6, 6.07) is 8.07. The summed E-state index contributed by atoms with van der Waals surface area (Å²) in [5, 5.41) is 19.8. The van der Waals surface area contributed by atoms with E-state index in [4.69, 9.17) is 5.11 Å². The Labute approximate surface area is 94.1 Å². The Hall–Kier alpha value is -1.55. The number of benzene rings is 2. The van der Waals surface area contributed by atoms with E-state index in [1.165, 1.54) is 12.1 Å². The molecule has 4 heteroatoms. The third-order valence-electron chi connectivity index (χ3n) is 2.14. The molecule has 0 spiro atoms. The first-order valence-corrected chi connectivity index (χ1v) is 5.03. The maximum atomic E-state index is 10.8. The zero-order chi connectivity index (χ0) is 11.0. The van der Waals surface area contributed by atoms with Crippen LogP contribution in [0.3, 0.4) is 0 Å². The molecule has 0 heterocycles. The number of aromatic hydroxyl groups is 1. The maximum Gasteiger partial charge on any atom is 0.335 e. The Kier molecular flexibility index (Phi) is 2.36. The smallest absolute Gasteiger partial charge is 0.335 e. The Morgan fingerprint density at radius 1 is 1.20 bits per heavy atom. The monoisotopic (exact) mass is 266 g/mol. The molecule has 0 aliphatic heterocycles. The number of hydrogen-bond acceptors (Lipinski definition) is 2. The van der Waals surface area contributed by atoms with Gasteiger partial charge in [-0.25, -0.2) is 4.79 Å². The maximum absolute atomic E-state index is 10.8. The van der Waals surface area contributed by atoms with Crippen LogP contribution in [0.2, 0.25) is 0 Å². The summed E-state index contributed by atoms with van der Waals surface area (Å²) in [6.45, 7) is 0. The molecule has 0 radical (unpaired) electrons. The van der Waals surface area contributed by atoms with Crippen LogP contribution in [0.1, 0.15) is 10.4 Å². The van der Waals surface area contributed by atoms with Gasteiger partial charge in [0.25, 0.3) is 0 Å². The number of phenolic OH excluding ortho intramolecular Hbond substituents is 1. The molecule has 76 valence electrons. The van der Waals surface area contributed by atoms with Crippen LogP contribution < -0.4 is 0 Å². The number of halogens is 1. The first-order chi connectivity index (χ1) is 7.08. The minimum absolute atomic E-state index is 0.0163. The molecule has 0 bridgehead atoms. The molecule has 2 aromatic rings. The number of aromatic carboxylic acids is 1. The fourth-order valence-corrected chi connectivity index (χ4v) is 1.82. The van der Waals surface area contributed by atoms with Gasteiger partial charge in [0.05, 0.1) is 5.56 Å². The van der Waals surface area contributed by atoms with Crippen LogP contribution in [0.15, 0.2) is 34.8 Å². The average Bonchev–Trinajstić information content (AvgIpc) is 2.16. The molecule has 15 heavy (non-hydrogen) atoms. The largest absolute Gasteiger partial charge is 0.507 e. The predicted octanol–water partition coefficient (Wildman–Crippen LogP) is 3.01. The first kappa shape index (κ1) is 9.98. The van der Waals surface area contributed by atoms with Gasteiger partial charge in [-0.1, -0.05) is 15.9 Å². The molecule has 0 amide bonds. The van der Waals surface area contributed by atoms with Crippen molar-refractivity contribution < 1.29 is 15.0 Å². The summed E-state index contributed by atoms with van der Waals surface area (Å²) < 4.78 is 0.844. The third kappa shape index (κ3) is 1.80. The van der Waals surface area contributed by atoms with Gasteiger partial charge in [-0.3, -0.25) is 0 Å². The van der Waals surface area contributed by atoms with Crippen LogP contribution in [0.5, 0.6) is 5.75 Å². The Balaban J connectivity index is 2.79. The molecule has 0 aliphatic carbocycles. The quantitative estimate of drug-likeness (QED) is 0.834. The molecule has 0 saturated carbocycles. The standard InChI is InChI=1S/C11H7BrO3/c12-8-1-2-9-6(4-8)3-7(11(14)15)5-10(9)13/h1-5,13H,(H,14,15). The highest BCUT2D eigenvalue weighted by Crippen LogP contribution is 2.28. The topological polar surface area (TPSA) is 57.5 Å². The normalized spacial score (nSPS) is 10.5. The molecule has 2 rings (SSSR count). The summed E-state index contributed by atoms with van der Waals surface area (Å²) in [5.74, 6) is -1.07. The van der Waals surface area contributed by atoms with E-state index in [-0.39, 0.29) is 11.3 Å². The second-order valence-corrected chi connectivity index (χ2v) is 4.08. The van der Waals surface area contributed by atoms with Crippen molar-refractivity contribution in [2.45, 2.75) is 0 Å². The SMILES string of the molecule is O=C(O)c1cc(O)c2ccc(Br)cc2c1. The molecule has 0 unspecified atom stereocenters. The minimum atomic E-state index is -1.05. The highest BCUT2D eigenvalue weighted by molar-refractivity contribution is 9.10. The van der Waals surface area contributed by atoms with Crippen molar-refractivity contribution in [3.05, 3.63) is 40.4 Å². The highest BCUT2D eigenvalue weighted by Gasteiger charge is 2.08. The zero-order valence-corrected chi connectivity index (χ0v) is 9.15. The van der Waals surface area contributed by atoms with Gasteiger partial charge in [-0.15, -0.1) is 0 Å². The second-order valence-electron chi connectivity index (χ2n) is 3.17. The van der Waals surface area contributed by atoms with Crippen molar-refractivity contribution in [1.29, 1.82) is 0 Å². The number of carbonyl (C=O) groups is 1. The predicted molar refractivity (Wildman–Crippen MR) is 60.3 cm³/mol. The van der Waals surface area contributed by atoms with Gasteiger partial charge in [0.2, 0.25) is 0 Å². The van der Waals surface area contributed by atoms with Gasteiger partial charge >= 0.3 is 5.97 Å². The third-order valence-corrected chi connectivity index (χ3v) is 2.63. The minimum Gasteiger partial charge on any atom is -0.507 e.